The van der Waals surface area contributed by atoms with E-state index >= 15 is 0 Å². The number of aliphatic imine (C=N–C) groups is 3. The highest BCUT2D eigenvalue weighted by Gasteiger charge is 2.26. The fourth-order valence-corrected chi connectivity index (χ4v) is 12.5. The summed E-state index contributed by atoms with van der Waals surface area (Å²) in [5.74, 6) is 0.813. The molecule has 2 saturated heterocycles. The number of benzene rings is 8. The average molecular weight is 1730 g/mol. The molecule has 5 aliphatic rings. The minimum absolute atomic E-state index is 0. The maximum absolute atomic E-state index is 12.6. The molecule has 7 N–H and O–H groups in total. The molecule has 0 aliphatic carbocycles. The molecule has 5 aliphatic heterocycles. The van der Waals surface area contributed by atoms with Crippen molar-refractivity contribution in [3.63, 3.8) is 0 Å². The maximum Gasteiger partial charge on any atom is 0.315 e. The number of hydrogen-bond acceptors (Lipinski definition) is 20. The number of nitrogens with two attached hydrogens (primary N) is 2. The first kappa shape index (κ1) is 91.6. The molecule has 0 aromatic heterocycles. The number of amides is 1. The zero-order valence-corrected chi connectivity index (χ0v) is 69.8. The number of carboxylic acid groups (broad SMARTS) is 1. The Kier molecular flexibility index (Phi) is 37.8. The number of nitrogens with zero attached hydrogens (tertiary/aromatic N) is 6. The van der Waals surface area contributed by atoms with Gasteiger partial charge in [-0.15, -0.1) is 12.4 Å². The summed E-state index contributed by atoms with van der Waals surface area (Å²) in [5, 5.41) is 23.8. The second kappa shape index (κ2) is 46.7. The standard InChI is InChI=1S/C22H23Cl2N3O2.C18H15Cl2NO3.C17H13Cl2NO3.C13H12Cl2N2O.C7H13NO3.C5H12N2.ClH/c1-26-6-8-27(9-7-26)22(28)12-18-10-16-11-21(19(24)13-20(16)25-18)29-14-15-2-4-17(23)5-3-15;1-23-18(22)8-14-6-12-7-17(15(20)9-16(12)21-14)24-10-11-2-4-13(19)5-3-11;18-12-3-1-10(2-4-12)9-23-16-6-11-5-13(7-17(21)22)20-15(11)8-14(16)19;14-9-3-1-8(2-4-9)7-18-13-6-12(17)11(16)5-10(13)15;1-3-10-6(8)5-7(9)11-4-2;1-7-4-2-6-3-5-7;/h2-5,11,13H,6-10,12,14H2,1H3;2-5,7,9H,6,8,10H2,1H3;1-4,6,8H,5,7,9H2,(H,21,22);1-6H,7,16-17H2;8H,3-5H2,1-2H3;6H,2-5H2,1H3;1H. The number of aliphatic carboxylic acids is 1. The molecular formula is C82H89Cl9N10O12. The Bertz CT molecular complexity index is 4610. The lowest BCUT2D eigenvalue weighted by Crippen LogP contribution is -2.47. The van der Waals surface area contributed by atoms with Crippen LogP contribution in [0, 0.1) is 5.41 Å². The Morgan fingerprint density at radius 2 is 0.796 bits per heavy atom. The van der Waals surface area contributed by atoms with Crippen LogP contribution in [0.4, 0.5) is 28.4 Å². The van der Waals surface area contributed by atoms with Gasteiger partial charge in [0.25, 0.3) is 0 Å². The first-order valence-electron chi connectivity index (χ1n) is 35.7. The van der Waals surface area contributed by atoms with Crippen molar-refractivity contribution in [2.45, 2.75) is 85.2 Å². The predicted molar refractivity (Wildman–Crippen MR) is 456 cm³/mol. The lowest BCUT2D eigenvalue weighted by atomic mass is 10.1. The summed E-state index contributed by atoms with van der Waals surface area (Å²) in [6.07, 6.45) is 2.17. The molecule has 31 heteroatoms. The number of carbonyl (C=O) groups excluding carboxylic acids is 3. The van der Waals surface area contributed by atoms with Crippen LogP contribution < -0.4 is 35.7 Å². The zero-order valence-electron chi connectivity index (χ0n) is 62.9. The van der Waals surface area contributed by atoms with Crippen molar-refractivity contribution in [3.05, 3.63) is 225 Å². The quantitative estimate of drug-likeness (QED) is 0.0182. The van der Waals surface area contributed by atoms with Gasteiger partial charge in [0.15, 0.2) is 5.90 Å². The number of halogens is 9. The molecule has 5 heterocycles. The van der Waals surface area contributed by atoms with Crippen molar-refractivity contribution in [3.8, 4) is 23.0 Å². The fraction of sp³-hybridized carbons (Fsp3) is 0.317. The van der Waals surface area contributed by atoms with Gasteiger partial charge in [-0.2, -0.15) is 0 Å². The van der Waals surface area contributed by atoms with E-state index in [1.54, 1.807) is 62.4 Å². The van der Waals surface area contributed by atoms with Crippen molar-refractivity contribution in [1.29, 1.82) is 5.41 Å². The average Bonchev–Trinajstić information content (AvgIpc) is 1.69. The minimum atomic E-state index is -0.887. The lowest BCUT2D eigenvalue weighted by molar-refractivity contribution is -0.142. The summed E-state index contributed by atoms with van der Waals surface area (Å²) in [7, 11) is 5.60. The van der Waals surface area contributed by atoms with Crippen LogP contribution in [0.15, 0.2) is 161 Å². The summed E-state index contributed by atoms with van der Waals surface area (Å²) in [6, 6.07) is 43.8. The monoisotopic (exact) mass is 1720 g/mol. The number of piperazine rings is 2. The molecule has 8 aromatic carbocycles. The van der Waals surface area contributed by atoms with Crippen LogP contribution in [-0.2, 0) is 79.1 Å². The summed E-state index contributed by atoms with van der Waals surface area (Å²) >= 11 is 48.3. The zero-order chi connectivity index (χ0) is 80.8. The van der Waals surface area contributed by atoms with Gasteiger partial charge in [0, 0.05) is 115 Å². The van der Waals surface area contributed by atoms with Crippen LogP contribution in [0.25, 0.3) is 0 Å². The smallest absolute Gasteiger partial charge is 0.315 e. The number of carboxylic acids is 1. The van der Waals surface area contributed by atoms with Gasteiger partial charge in [-0.3, -0.25) is 39.6 Å². The van der Waals surface area contributed by atoms with Crippen molar-refractivity contribution in [2.24, 2.45) is 15.0 Å². The van der Waals surface area contributed by atoms with Crippen LogP contribution in [0.1, 0.15) is 78.5 Å². The van der Waals surface area contributed by atoms with E-state index < -0.39 is 11.9 Å². The number of nitrogen functional groups attached to an aromatic ring is 2. The fourth-order valence-electron chi connectivity index (χ4n) is 11.2. The van der Waals surface area contributed by atoms with Crippen molar-refractivity contribution in [2.75, 3.05) is 98.2 Å². The third-order valence-electron chi connectivity index (χ3n) is 17.2. The third kappa shape index (κ3) is 30.9. The molecule has 0 radical (unpaired) electrons. The van der Waals surface area contributed by atoms with Gasteiger partial charge in [0.2, 0.25) is 5.91 Å². The molecule has 0 saturated carbocycles. The number of rotatable bonds is 22. The molecule has 0 spiro atoms. The molecule has 13 rings (SSSR count). The van der Waals surface area contributed by atoms with Gasteiger partial charge in [-0.05, 0) is 158 Å². The largest absolute Gasteiger partial charge is 0.487 e. The molecule has 8 aromatic rings. The number of fused-ring (bicyclic) bond motifs is 3. The van der Waals surface area contributed by atoms with E-state index in [-0.39, 0.29) is 49.4 Å². The number of carbonyl (C=O) groups is 4. The van der Waals surface area contributed by atoms with E-state index in [1.807, 2.05) is 102 Å². The SMILES string of the molecule is CCOC(=N)CC(=O)OCC.CN1CCN(C(=O)CC2=Nc3cc(Cl)c(OCc4ccc(Cl)cc4)cc3C2)CC1.CN1CCNCC1.COC(=O)CC1=Nc2cc(Cl)c(OCc3ccc(Cl)cc3)cc2C1.Cl.Nc1cc(Cl)c(OCc2ccc(Cl)cc2)cc1N.O=C(O)CC1=Nc2cc(Cl)c(OCc3ccc(Cl)cc3)cc2C1. The van der Waals surface area contributed by atoms with E-state index in [2.05, 4.69) is 53.7 Å². The highest BCUT2D eigenvalue weighted by atomic mass is 35.5. The lowest BCUT2D eigenvalue weighted by Gasteiger charge is -2.32. The van der Waals surface area contributed by atoms with E-state index in [0.29, 0.717) is 151 Å². The Labute approximate surface area is 704 Å². The van der Waals surface area contributed by atoms with Crippen molar-refractivity contribution < 1.29 is 57.4 Å². The maximum atomic E-state index is 12.6. The Balaban J connectivity index is 0.000000196. The molecule has 0 atom stereocenters. The van der Waals surface area contributed by atoms with E-state index in [1.165, 1.54) is 20.2 Å². The Hall–Kier alpha value is -8.59. The minimum Gasteiger partial charge on any atom is -0.487 e. The molecule has 113 heavy (non-hydrogen) atoms. The topological polar surface area (TPSA) is 288 Å². The van der Waals surface area contributed by atoms with Crippen LogP contribution in [0.2, 0.25) is 40.2 Å². The van der Waals surface area contributed by atoms with Gasteiger partial charge in [-0.1, -0.05) is 141 Å². The highest BCUT2D eigenvalue weighted by molar-refractivity contribution is 6.34. The van der Waals surface area contributed by atoms with Crippen LogP contribution in [0.5, 0.6) is 23.0 Å². The summed E-state index contributed by atoms with van der Waals surface area (Å²) < 4.78 is 37.1. The van der Waals surface area contributed by atoms with E-state index in [9.17, 15) is 19.2 Å². The van der Waals surface area contributed by atoms with Gasteiger partial charge < -0.3 is 69.7 Å². The van der Waals surface area contributed by atoms with Crippen LogP contribution >= 0.6 is 105 Å². The number of methoxy groups -OCH3 is 1. The van der Waals surface area contributed by atoms with Gasteiger partial charge >= 0.3 is 17.9 Å². The molecule has 1 amide bonds. The van der Waals surface area contributed by atoms with Crippen LogP contribution in [0.3, 0.4) is 0 Å². The normalized spacial score (nSPS) is 13.6. The van der Waals surface area contributed by atoms with Crippen molar-refractivity contribution in [1.82, 2.24) is 20.0 Å². The second-order valence-electron chi connectivity index (χ2n) is 25.9. The first-order valence-corrected chi connectivity index (χ1v) is 38.7. The molecule has 22 nitrogen and oxygen atoms in total. The van der Waals surface area contributed by atoms with Crippen LogP contribution in [-0.4, -0.2) is 153 Å². The predicted octanol–water partition coefficient (Wildman–Crippen LogP) is 18.4. The number of esters is 2. The number of likely N-dealkylation sites (N-methyl/N-ethyl adjacent to an activating group) is 2. The molecular weight excluding hydrogens is 1640 g/mol. The molecule has 0 unspecified atom stereocenters. The number of nitrogens with one attached hydrogen (secondary N) is 2. The molecule has 2 fully saturated rings. The van der Waals surface area contributed by atoms with Gasteiger partial charge in [-0.25, -0.2) is 0 Å². The molecule has 602 valence electrons. The van der Waals surface area contributed by atoms with Gasteiger partial charge in [0.05, 0.1) is 88.1 Å². The second-order valence-corrected chi connectivity index (χ2v) is 29.3. The molecule has 0 bridgehead atoms. The summed E-state index contributed by atoms with van der Waals surface area (Å²) in [5.41, 5.74) is 23.8. The van der Waals surface area contributed by atoms with Gasteiger partial charge in [0.1, 0.15) is 55.8 Å². The summed E-state index contributed by atoms with van der Waals surface area (Å²) in [4.78, 5) is 65.3. The van der Waals surface area contributed by atoms with E-state index in [0.717, 1.165) is 101 Å². The third-order valence-corrected chi connectivity index (χ3v) is 19.4. The highest BCUT2D eigenvalue weighted by Crippen LogP contribution is 2.41. The first-order chi connectivity index (χ1) is 53.7. The number of hydrogen-bond donors (Lipinski definition) is 5. The Morgan fingerprint density at radius 1 is 0.460 bits per heavy atom. The van der Waals surface area contributed by atoms with Crippen molar-refractivity contribution >= 4 is 180 Å². The Morgan fingerprint density at radius 3 is 1.14 bits per heavy atom. The summed E-state index contributed by atoms with van der Waals surface area (Å²) in [6.45, 7) is 14.0. The van der Waals surface area contributed by atoms with E-state index in [4.69, 9.17) is 138 Å². The number of anilines is 2. The number of ether oxygens (including phenoxy) is 7.